The summed E-state index contributed by atoms with van der Waals surface area (Å²) in [5.74, 6) is 0. The maximum Gasteiger partial charge on any atom is 0.136 e. The highest BCUT2D eigenvalue weighted by atomic mass is 35.5. The second kappa shape index (κ2) is 6.88. The summed E-state index contributed by atoms with van der Waals surface area (Å²) >= 11 is 6.22. The van der Waals surface area contributed by atoms with Crippen molar-refractivity contribution in [2.24, 2.45) is 0 Å². The van der Waals surface area contributed by atoms with E-state index in [0.29, 0.717) is 5.02 Å². The van der Waals surface area contributed by atoms with Crippen molar-refractivity contribution in [3.8, 4) is 5.69 Å². The molecule has 0 saturated carbocycles. The van der Waals surface area contributed by atoms with E-state index in [0.717, 1.165) is 27.6 Å². The molecule has 0 unspecified atom stereocenters. The molecule has 0 fully saturated rings. The molecule has 8 aromatic rings. The van der Waals surface area contributed by atoms with E-state index in [2.05, 4.69) is 95.6 Å². The average molecular weight is 468 g/mol. The highest BCUT2D eigenvalue weighted by Gasteiger charge is 2.18. The summed E-state index contributed by atoms with van der Waals surface area (Å²) in [5.41, 5.74) is 5.18. The minimum absolute atomic E-state index is 0.679. The molecule has 0 saturated heterocycles. The number of nitrogens with zero attached hydrogens (tertiary/aromatic N) is 1. The molecular weight excluding hydrogens is 450 g/mol. The average Bonchev–Trinajstić information content (AvgIpc) is 3.43. The Balaban J connectivity index is 1.57. The van der Waals surface area contributed by atoms with Gasteiger partial charge in [-0.3, -0.25) is 0 Å². The van der Waals surface area contributed by atoms with Crippen LogP contribution in [0.25, 0.3) is 71.0 Å². The van der Waals surface area contributed by atoms with Crippen molar-refractivity contribution in [3.63, 3.8) is 0 Å². The van der Waals surface area contributed by atoms with Gasteiger partial charge in [0.25, 0.3) is 0 Å². The van der Waals surface area contributed by atoms with Crippen LogP contribution < -0.4 is 0 Å². The molecule has 0 radical (unpaired) electrons. The van der Waals surface area contributed by atoms with Crippen molar-refractivity contribution >= 4 is 76.9 Å². The smallest absolute Gasteiger partial charge is 0.136 e. The van der Waals surface area contributed by atoms with Crippen molar-refractivity contribution in [2.45, 2.75) is 0 Å². The molecule has 2 aromatic heterocycles. The van der Waals surface area contributed by atoms with Crippen molar-refractivity contribution in [3.05, 3.63) is 114 Å². The van der Waals surface area contributed by atoms with Gasteiger partial charge >= 0.3 is 0 Å². The number of hydrogen-bond donors (Lipinski definition) is 0. The van der Waals surface area contributed by atoms with Crippen LogP contribution in [-0.4, -0.2) is 4.57 Å². The van der Waals surface area contributed by atoms with Crippen LogP contribution in [0.2, 0.25) is 5.02 Å². The van der Waals surface area contributed by atoms with Crippen molar-refractivity contribution < 1.29 is 4.42 Å². The Hall–Kier alpha value is -4.27. The Morgan fingerprint density at radius 3 is 1.86 bits per heavy atom. The van der Waals surface area contributed by atoms with Gasteiger partial charge in [-0.2, -0.15) is 0 Å². The van der Waals surface area contributed by atoms with Crippen LogP contribution in [0.3, 0.4) is 0 Å². The van der Waals surface area contributed by atoms with Gasteiger partial charge in [0.1, 0.15) is 11.2 Å². The number of furan rings is 1. The first kappa shape index (κ1) is 19.1. The lowest BCUT2D eigenvalue weighted by Crippen LogP contribution is -1.93. The van der Waals surface area contributed by atoms with E-state index in [1.54, 1.807) is 0 Å². The van der Waals surface area contributed by atoms with E-state index in [1.165, 1.54) is 43.4 Å². The zero-order valence-corrected chi connectivity index (χ0v) is 19.4. The van der Waals surface area contributed by atoms with Crippen molar-refractivity contribution in [2.75, 3.05) is 0 Å². The number of hydrogen-bond acceptors (Lipinski definition) is 1. The Bertz CT molecular complexity index is 2040. The molecule has 6 aromatic carbocycles. The molecule has 3 heteroatoms. The third kappa shape index (κ3) is 2.60. The molecule has 2 heterocycles. The summed E-state index contributed by atoms with van der Waals surface area (Å²) in [6.07, 6.45) is 0. The molecule has 0 bridgehead atoms. The predicted octanol–water partition coefficient (Wildman–Crippen LogP) is 9.64. The first-order valence-corrected chi connectivity index (χ1v) is 12.1. The van der Waals surface area contributed by atoms with Gasteiger partial charge < -0.3 is 8.98 Å². The maximum atomic E-state index is 6.22. The van der Waals surface area contributed by atoms with Gasteiger partial charge in [0.15, 0.2) is 0 Å². The van der Waals surface area contributed by atoms with Crippen LogP contribution in [-0.2, 0) is 0 Å². The Morgan fingerprint density at radius 1 is 0.514 bits per heavy atom. The summed E-state index contributed by atoms with van der Waals surface area (Å²) < 4.78 is 8.49. The monoisotopic (exact) mass is 467 g/mol. The van der Waals surface area contributed by atoms with Gasteiger partial charge in [-0.05, 0) is 64.0 Å². The predicted molar refractivity (Wildman–Crippen MR) is 148 cm³/mol. The van der Waals surface area contributed by atoms with Gasteiger partial charge in [0.2, 0.25) is 0 Å². The maximum absolute atomic E-state index is 6.22. The molecule has 0 atom stereocenters. The Kier molecular flexibility index (Phi) is 3.75. The molecule has 0 spiro atoms. The zero-order chi connectivity index (χ0) is 23.1. The Labute approximate surface area is 205 Å². The second-order valence-corrected chi connectivity index (χ2v) is 9.56. The van der Waals surface area contributed by atoms with Crippen molar-refractivity contribution in [1.29, 1.82) is 0 Å². The normalized spacial score (nSPS) is 12.1. The van der Waals surface area contributed by atoms with Crippen LogP contribution in [0.4, 0.5) is 0 Å². The first-order valence-electron chi connectivity index (χ1n) is 11.7. The van der Waals surface area contributed by atoms with Crippen molar-refractivity contribution in [1.82, 2.24) is 4.57 Å². The minimum Gasteiger partial charge on any atom is -0.456 e. The molecule has 35 heavy (non-hydrogen) atoms. The molecule has 0 aliphatic carbocycles. The molecule has 0 amide bonds. The van der Waals surface area contributed by atoms with E-state index >= 15 is 0 Å². The van der Waals surface area contributed by atoms with Gasteiger partial charge in [-0.1, -0.05) is 72.3 Å². The fourth-order valence-electron chi connectivity index (χ4n) is 5.70. The standard InChI is InChI=1S/C32H18ClNO/c33-21-11-13-25-26-18-22(12-16-29(26)35-30(25)17-21)34-27-14-9-19-5-1-3-7-23(19)31(27)32-24-8-4-2-6-20(24)10-15-28(32)34/h1-18H. The molecule has 2 nitrogen and oxygen atoms in total. The number of benzene rings is 6. The molecular formula is C32H18ClNO. The first-order chi connectivity index (χ1) is 17.3. The number of rotatable bonds is 1. The fraction of sp³-hybridized carbons (Fsp3) is 0. The quantitative estimate of drug-likeness (QED) is 0.235. The SMILES string of the molecule is Clc1ccc2c(c1)oc1ccc(-n3c4ccc5ccccc5c4c4c5ccccc5ccc43)cc12. The lowest BCUT2D eigenvalue weighted by molar-refractivity contribution is 0.669. The lowest BCUT2D eigenvalue weighted by Gasteiger charge is -2.09. The van der Waals surface area contributed by atoms with E-state index in [1.807, 2.05) is 18.2 Å². The summed E-state index contributed by atoms with van der Waals surface area (Å²) in [5, 5.41) is 10.5. The highest BCUT2D eigenvalue weighted by molar-refractivity contribution is 6.31. The van der Waals surface area contributed by atoms with Gasteiger partial charge in [-0.15, -0.1) is 0 Å². The summed E-state index contributed by atoms with van der Waals surface area (Å²) in [7, 11) is 0. The topological polar surface area (TPSA) is 18.1 Å². The Morgan fingerprint density at radius 2 is 1.17 bits per heavy atom. The third-order valence-corrected chi connectivity index (χ3v) is 7.46. The van der Waals surface area contributed by atoms with E-state index in [-0.39, 0.29) is 0 Å². The van der Waals surface area contributed by atoms with E-state index in [9.17, 15) is 0 Å². The molecule has 0 aliphatic rings. The molecule has 0 N–H and O–H groups in total. The number of fused-ring (bicyclic) bond motifs is 10. The van der Waals surface area contributed by atoms with E-state index in [4.69, 9.17) is 16.0 Å². The van der Waals surface area contributed by atoms with Crippen LogP contribution in [0.5, 0.6) is 0 Å². The summed E-state index contributed by atoms with van der Waals surface area (Å²) in [6, 6.07) is 38.6. The molecule has 8 rings (SSSR count). The lowest BCUT2D eigenvalue weighted by atomic mass is 10.00. The highest BCUT2D eigenvalue weighted by Crippen LogP contribution is 2.41. The van der Waals surface area contributed by atoms with Crippen LogP contribution in [0.15, 0.2) is 114 Å². The summed E-state index contributed by atoms with van der Waals surface area (Å²) in [6.45, 7) is 0. The fourth-order valence-corrected chi connectivity index (χ4v) is 5.87. The van der Waals surface area contributed by atoms with Gasteiger partial charge in [-0.25, -0.2) is 0 Å². The molecule has 164 valence electrons. The van der Waals surface area contributed by atoms with E-state index < -0.39 is 0 Å². The van der Waals surface area contributed by atoms with Gasteiger partial charge in [0, 0.05) is 38.3 Å². The van der Waals surface area contributed by atoms with Crippen LogP contribution in [0, 0.1) is 0 Å². The zero-order valence-electron chi connectivity index (χ0n) is 18.6. The summed E-state index contributed by atoms with van der Waals surface area (Å²) in [4.78, 5) is 0. The van der Waals surface area contributed by atoms with Gasteiger partial charge in [0.05, 0.1) is 11.0 Å². The molecule has 0 aliphatic heterocycles. The third-order valence-electron chi connectivity index (χ3n) is 7.22. The van der Waals surface area contributed by atoms with Crippen LogP contribution in [0.1, 0.15) is 0 Å². The second-order valence-electron chi connectivity index (χ2n) is 9.12. The number of aromatic nitrogens is 1. The minimum atomic E-state index is 0.679. The largest absolute Gasteiger partial charge is 0.456 e. The van der Waals surface area contributed by atoms with Crippen LogP contribution >= 0.6 is 11.6 Å². The number of halogens is 1.